The van der Waals surface area contributed by atoms with E-state index < -0.39 is 6.10 Å². The summed E-state index contributed by atoms with van der Waals surface area (Å²) in [6, 6.07) is 20.6. The van der Waals surface area contributed by atoms with Gasteiger partial charge >= 0.3 is 0 Å². The van der Waals surface area contributed by atoms with Crippen LogP contribution in [-0.2, 0) is 9.53 Å². The Morgan fingerprint density at radius 2 is 1.84 bits per heavy atom. The predicted octanol–water partition coefficient (Wildman–Crippen LogP) is 4.15. The first-order chi connectivity index (χ1) is 15.1. The summed E-state index contributed by atoms with van der Waals surface area (Å²) in [5.74, 6) is 0.0472. The number of carbonyl (C=O) groups is 2. The van der Waals surface area contributed by atoms with Crippen LogP contribution in [0.4, 0.5) is 5.69 Å². The molecule has 6 heteroatoms. The summed E-state index contributed by atoms with van der Waals surface area (Å²) in [4.78, 5) is 25.4. The summed E-state index contributed by atoms with van der Waals surface area (Å²) in [6.07, 6.45) is 1.29. The second kappa shape index (κ2) is 9.62. The third kappa shape index (κ3) is 5.22. The maximum atomic E-state index is 12.7. The standard InChI is InChI=1S/C25H26N2O4/c1-17(31-20-13-12-18-7-2-3-8-19(18)15-20)24(28)27-23-11-5-4-10-22(23)25(29)26-16-21-9-6-14-30-21/h2-5,7-8,10-13,15,17,21H,6,9,14,16H2,1H3,(H,26,29)(H,27,28). The number of amides is 2. The molecule has 0 bridgehead atoms. The highest BCUT2D eigenvalue weighted by Crippen LogP contribution is 2.22. The Hall–Kier alpha value is -3.38. The van der Waals surface area contributed by atoms with E-state index in [-0.39, 0.29) is 17.9 Å². The number of rotatable bonds is 7. The smallest absolute Gasteiger partial charge is 0.265 e. The molecule has 0 radical (unpaired) electrons. The lowest BCUT2D eigenvalue weighted by molar-refractivity contribution is -0.122. The molecule has 2 N–H and O–H groups in total. The maximum absolute atomic E-state index is 12.7. The van der Waals surface area contributed by atoms with Gasteiger partial charge < -0.3 is 20.1 Å². The van der Waals surface area contributed by atoms with Crippen molar-refractivity contribution in [1.82, 2.24) is 5.32 Å². The zero-order valence-corrected chi connectivity index (χ0v) is 17.5. The van der Waals surface area contributed by atoms with Crippen molar-refractivity contribution < 1.29 is 19.1 Å². The number of para-hydroxylation sites is 1. The molecule has 1 fully saturated rings. The first-order valence-electron chi connectivity index (χ1n) is 10.6. The van der Waals surface area contributed by atoms with Gasteiger partial charge in [0.25, 0.3) is 11.8 Å². The van der Waals surface area contributed by atoms with Crippen LogP contribution in [0.25, 0.3) is 10.8 Å². The first kappa shape index (κ1) is 20.9. The fraction of sp³-hybridized carbons (Fsp3) is 0.280. The number of hydrogen-bond acceptors (Lipinski definition) is 4. The van der Waals surface area contributed by atoms with E-state index in [2.05, 4.69) is 10.6 Å². The Bertz CT molecular complexity index is 1080. The highest BCUT2D eigenvalue weighted by atomic mass is 16.5. The number of ether oxygens (including phenoxy) is 2. The molecule has 31 heavy (non-hydrogen) atoms. The largest absolute Gasteiger partial charge is 0.481 e. The average molecular weight is 418 g/mol. The minimum atomic E-state index is -0.732. The minimum absolute atomic E-state index is 0.0566. The van der Waals surface area contributed by atoms with Crippen LogP contribution in [-0.4, -0.2) is 37.2 Å². The summed E-state index contributed by atoms with van der Waals surface area (Å²) in [5.41, 5.74) is 0.859. The summed E-state index contributed by atoms with van der Waals surface area (Å²) in [6.45, 7) is 2.88. The van der Waals surface area contributed by atoms with Gasteiger partial charge in [0.2, 0.25) is 0 Å². The molecule has 0 aromatic heterocycles. The van der Waals surface area contributed by atoms with Crippen LogP contribution in [0.2, 0.25) is 0 Å². The lowest BCUT2D eigenvalue weighted by Crippen LogP contribution is -2.34. The van der Waals surface area contributed by atoms with Gasteiger partial charge in [0.05, 0.1) is 17.4 Å². The van der Waals surface area contributed by atoms with Crippen molar-refractivity contribution in [1.29, 1.82) is 0 Å². The lowest BCUT2D eigenvalue weighted by Gasteiger charge is -2.17. The van der Waals surface area contributed by atoms with Gasteiger partial charge in [0, 0.05) is 13.2 Å². The van der Waals surface area contributed by atoms with E-state index in [9.17, 15) is 9.59 Å². The topological polar surface area (TPSA) is 76.7 Å². The Morgan fingerprint density at radius 3 is 2.65 bits per heavy atom. The van der Waals surface area contributed by atoms with E-state index in [4.69, 9.17) is 9.47 Å². The van der Waals surface area contributed by atoms with Crippen LogP contribution < -0.4 is 15.4 Å². The zero-order valence-electron chi connectivity index (χ0n) is 17.5. The summed E-state index contributed by atoms with van der Waals surface area (Å²) >= 11 is 0. The van der Waals surface area contributed by atoms with Crippen molar-refractivity contribution in [2.45, 2.75) is 32.0 Å². The molecule has 1 aliphatic rings. The summed E-state index contributed by atoms with van der Waals surface area (Å²) in [5, 5.41) is 7.86. The van der Waals surface area contributed by atoms with E-state index in [1.54, 1.807) is 31.2 Å². The zero-order chi connectivity index (χ0) is 21.6. The normalized spacial score (nSPS) is 16.6. The monoisotopic (exact) mass is 418 g/mol. The van der Waals surface area contributed by atoms with Crippen molar-refractivity contribution in [2.24, 2.45) is 0 Å². The van der Waals surface area contributed by atoms with Crippen LogP contribution in [0.15, 0.2) is 66.7 Å². The predicted molar refractivity (Wildman–Crippen MR) is 120 cm³/mol. The molecule has 3 aromatic carbocycles. The van der Waals surface area contributed by atoms with Crippen LogP contribution >= 0.6 is 0 Å². The van der Waals surface area contributed by atoms with Gasteiger partial charge in [-0.15, -0.1) is 0 Å². The molecule has 3 aromatic rings. The highest BCUT2D eigenvalue weighted by molar-refractivity contribution is 6.04. The number of anilines is 1. The number of hydrogen-bond donors (Lipinski definition) is 2. The quantitative estimate of drug-likeness (QED) is 0.604. The van der Waals surface area contributed by atoms with Gasteiger partial charge in [0.1, 0.15) is 5.75 Å². The SMILES string of the molecule is CC(Oc1ccc2ccccc2c1)C(=O)Nc1ccccc1C(=O)NCC1CCCO1. The van der Waals surface area contributed by atoms with Gasteiger partial charge in [-0.05, 0) is 54.8 Å². The maximum Gasteiger partial charge on any atom is 0.265 e. The van der Waals surface area contributed by atoms with Crippen LogP contribution in [0.1, 0.15) is 30.1 Å². The third-order valence-corrected chi connectivity index (χ3v) is 5.35. The Kier molecular flexibility index (Phi) is 6.48. The number of fused-ring (bicyclic) bond motifs is 1. The molecule has 4 rings (SSSR count). The van der Waals surface area contributed by atoms with Crippen molar-refractivity contribution in [3.05, 3.63) is 72.3 Å². The van der Waals surface area contributed by atoms with E-state index in [1.807, 2.05) is 42.5 Å². The number of nitrogens with one attached hydrogen (secondary N) is 2. The van der Waals surface area contributed by atoms with Crippen molar-refractivity contribution >= 4 is 28.3 Å². The number of benzene rings is 3. The fourth-order valence-corrected chi connectivity index (χ4v) is 3.63. The van der Waals surface area contributed by atoms with Gasteiger partial charge in [0.15, 0.2) is 6.10 Å². The first-order valence-corrected chi connectivity index (χ1v) is 10.6. The highest BCUT2D eigenvalue weighted by Gasteiger charge is 2.20. The third-order valence-electron chi connectivity index (χ3n) is 5.35. The molecule has 2 amide bonds. The van der Waals surface area contributed by atoms with Crippen LogP contribution in [0.3, 0.4) is 0 Å². The molecular formula is C25H26N2O4. The Balaban J connectivity index is 1.39. The Morgan fingerprint density at radius 1 is 1.06 bits per heavy atom. The van der Waals surface area contributed by atoms with Crippen LogP contribution in [0, 0.1) is 0 Å². The van der Waals surface area contributed by atoms with Gasteiger partial charge in [-0.2, -0.15) is 0 Å². The minimum Gasteiger partial charge on any atom is -0.481 e. The molecule has 0 spiro atoms. The lowest BCUT2D eigenvalue weighted by atomic mass is 10.1. The van der Waals surface area contributed by atoms with Crippen molar-refractivity contribution in [3.63, 3.8) is 0 Å². The molecule has 160 valence electrons. The van der Waals surface area contributed by atoms with Gasteiger partial charge in [-0.25, -0.2) is 0 Å². The van der Waals surface area contributed by atoms with E-state index in [0.717, 1.165) is 30.2 Å². The molecule has 6 nitrogen and oxygen atoms in total. The van der Waals surface area contributed by atoms with E-state index >= 15 is 0 Å². The summed E-state index contributed by atoms with van der Waals surface area (Å²) in [7, 11) is 0. The molecule has 0 aliphatic carbocycles. The molecular weight excluding hydrogens is 392 g/mol. The number of carbonyl (C=O) groups excluding carboxylic acids is 2. The molecule has 1 heterocycles. The second-order valence-electron chi connectivity index (χ2n) is 7.65. The van der Waals surface area contributed by atoms with Gasteiger partial charge in [-0.1, -0.05) is 42.5 Å². The molecule has 2 atom stereocenters. The average Bonchev–Trinajstić information content (AvgIpc) is 3.31. The molecule has 0 saturated carbocycles. The van der Waals surface area contributed by atoms with Crippen molar-refractivity contribution in [2.75, 3.05) is 18.5 Å². The second-order valence-corrected chi connectivity index (χ2v) is 7.65. The van der Waals surface area contributed by atoms with Gasteiger partial charge in [-0.3, -0.25) is 9.59 Å². The molecule has 1 aliphatic heterocycles. The Labute approximate surface area is 181 Å². The summed E-state index contributed by atoms with van der Waals surface area (Å²) < 4.78 is 11.4. The fourth-order valence-electron chi connectivity index (χ4n) is 3.63. The van der Waals surface area contributed by atoms with Crippen LogP contribution in [0.5, 0.6) is 5.75 Å². The molecule has 2 unspecified atom stereocenters. The molecule has 1 saturated heterocycles. The van der Waals surface area contributed by atoms with Crippen molar-refractivity contribution in [3.8, 4) is 5.75 Å². The van der Waals surface area contributed by atoms with E-state index in [0.29, 0.717) is 23.5 Å². The van der Waals surface area contributed by atoms with E-state index in [1.165, 1.54) is 0 Å².